The lowest BCUT2D eigenvalue weighted by atomic mass is 10.1. The summed E-state index contributed by atoms with van der Waals surface area (Å²) in [5.74, 6) is 1.77. The monoisotopic (exact) mass is 389 g/mol. The van der Waals surface area contributed by atoms with Crippen molar-refractivity contribution < 1.29 is 0 Å². The highest BCUT2D eigenvalue weighted by molar-refractivity contribution is 14.1. The Hall–Kier alpha value is -1.83. The van der Waals surface area contributed by atoms with Crippen molar-refractivity contribution in [3.05, 3.63) is 39.9 Å². The molecule has 1 fully saturated rings. The topological polar surface area (TPSA) is 77.6 Å². The smallest absolute Gasteiger partial charge is 0.161 e. The highest BCUT2D eigenvalue weighted by atomic mass is 127. The van der Waals surface area contributed by atoms with Crippen molar-refractivity contribution in [2.75, 3.05) is 5.73 Å². The van der Waals surface area contributed by atoms with Crippen LogP contribution in [-0.2, 0) is 0 Å². The summed E-state index contributed by atoms with van der Waals surface area (Å²) in [7, 11) is 0. The molecule has 2 heterocycles. The third-order valence-corrected chi connectivity index (χ3v) is 4.70. The van der Waals surface area contributed by atoms with Crippen LogP contribution in [0.4, 0.5) is 5.82 Å². The summed E-state index contributed by atoms with van der Waals surface area (Å²) in [4.78, 5) is 17.8. The minimum Gasteiger partial charge on any atom is -0.383 e. The van der Waals surface area contributed by atoms with Crippen LogP contribution in [0.1, 0.15) is 24.5 Å². The van der Waals surface area contributed by atoms with E-state index in [2.05, 4.69) is 37.5 Å². The average Bonchev–Trinajstić information content (AvgIpc) is 3.34. The number of halogens is 1. The molecule has 1 saturated carbocycles. The second kappa shape index (κ2) is 4.87. The fourth-order valence-corrected chi connectivity index (χ4v) is 3.02. The highest BCUT2D eigenvalue weighted by Gasteiger charge is 2.29. The molecule has 0 aliphatic heterocycles. The zero-order chi connectivity index (χ0) is 14.4. The summed E-state index contributed by atoms with van der Waals surface area (Å²) in [5, 5.41) is 0. The van der Waals surface area contributed by atoms with Gasteiger partial charge in [0.1, 0.15) is 5.82 Å². The van der Waals surface area contributed by atoms with Gasteiger partial charge in [-0.3, -0.25) is 9.97 Å². The van der Waals surface area contributed by atoms with Gasteiger partial charge in [0.2, 0.25) is 0 Å². The SMILES string of the molecule is Nc1nc(-c2ccc3nccnc3c2)nc(C2CC2)c1I. The van der Waals surface area contributed by atoms with E-state index in [9.17, 15) is 0 Å². The Labute approximate surface area is 135 Å². The van der Waals surface area contributed by atoms with Gasteiger partial charge in [-0.15, -0.1) is 0 Å². The number of nitrogen functional groups attached to an aromatic ring is 1. The van der Waals surface area contributed by atoms with Gasteiger partial charge in [-0.25, -0.2) is 9.97 Å². The predicted molar refractivity (Wildman–Crippen MR) is 89.7 cm³/mol. The molecule has 0 amide bonds. The summed E-state index contributed by atoms with van der Waals surface area (Å²) in [6, 6.07) is 5.86. The molecule has 1 aromatic carbocycles. The van der Waals surface area contributed by atoms with Crippen molar-refractivity contribution in [3.8, 4) is 11.4 Å². The van der Waals surface area contributed by atoms with E-state index < -0.39 is 0 Å². The van der Waals surface area contributed by atoms with E-state index in [1.54, 1.807) is 12.4 Å². The molecule has 2 aromatic heterocycles. The first kappa shape index (κ1) is 12.9. The quantitative estimate of drug-likeness (QED) is 0.682. The Morgan fingerprint density at radius 1 is 1.05 bits per heavy atom. The normalized spacial score (nSPS) is 14.5. The number of nitrogens with two attached hydrogens (primary N) is 1. The first-order chi connectivity index (χ1) is 10.2. The molecule has 3 aromatic rings. The molecular weight excluding hydrogens is 377 g/mol. The van der Waals surface area contributed by atoms with Gasteiger partial charge in [0, 0.05) is 23.9 Å². The Morgan fingerprint density at radius 2 is 1.81 bits per heavy atom. The number of nitrogens with zero attached hydrogens (tertiary/aromatic N) is 4. The van der Waals surface area contributed by atoms with E-state index in [1.165, 1.54) is 12.8 Å². The number of anilines is 1. The molecule has 2 N–H and O–H groups in total. The molecule has 5 nitrogen and oxygen atoms in total. The molecule has 0 atom stereocenters. The van der Waals surface area contributed by atoms with Crippen LogP contribution in [0.3, 0.4) is 0 Å². The molecule has 104 valence electrons. The number of rotatable bonds is 2. The minimum absolute atomic E-state index is 0.543. The lowest BCUT2D eigenvalue weighted by molar-refractivity contribution is 0.983. The maximum atomic E-state index is 6.05. The number of fused-ring (bicyclic) bond motifs is 1. The molecule has 21 heavy (non-hydrogen) atoms. The molecule has 0 spiro atoms. The summed E-state index contributed by atoms with van der Waals surface area (Å²) >= 11 is 2.24. The van der Waals surface area contributed by atoms with E-state index >= 15 is 0 Å². The summed E-state index contributed by atoms with van der Waals surface area (Å²) in [6.07, 6.45) is 5.75. The van der Waals surface area contributed by atoms with Gasteiger partial charge < -0.3 is 5.73 Å². The van der Waals surface area contributed by atoms with E-state index in [4.69, 9.17) is 10.7 Å². The van der Waals surface area contributed by atoms with E-state index in [1.807, 2.05) is 18.2 Å². The lowest BCUT2D eigenvalue weighted by Gasteiger charge is -2.08. The zero-order valence-electron chi connectivity index (χ0n) is 11.1. The molecular formula is C15H12IN5. The predicted octanol–water partition coefficient (Wildman–Crippen LogP) is 3.15. The standard InChI is InChI=1S/C15H12IN5/c16-12-13(8-1-2-8)20-15(21-14(12)17)9-3-4-10-11(7-9)19-6-5-18-10/h3-8H,1-2H2,(H2,17,20,21). The second-order valence-corrected chi connectivity index (χ2v) is 6.24. The first-order valence-electron chi connectivity index (χ1n) is 6.76. The van der Waals surface area contributed by atoms with E-state index in [0.717, 1.165) is 25.9 Å². The maximum Gasteiger partial charge on any atom is 0.161 e. The summed E-state index contributed by atoms with van der Waals surface area (Å²) in [6.45, 7) is 0. The fourth-order valence-electron chi connectivity index (χ4n) is 2.34. The molecule has 0 radical (unpaired) electrons. The van der Waals surface area contributed by atoms with E-state index in [0.29, 0.717) is 17.6 Å². The van der Waals surface area contributed by atoms with Gasteiger partial charge in [-0.1, -0.05) is 0 Å². The molecule has 0 unspecified atom stereocenters. The van der Waals surface area contributed by atoms with Gasteiger partial charge in [-0.05, 0) is 53.6 Å². The average molecular weight is 389 g/mol. The number of hydrogen-bond donors (Lipinski definition) is 1. The van der Waals surface area contributed by atoms with Crippen molar-refractivity contribution in [1.29, 1.82) is 0 Å². The highest BCUT2D eigenvalue weighted by Crippen LogP contribution is 2.42. The van der Waals surface area contributed by atoms with Crippen LogP contribution < -0.4 is 5.73 Å². The summed E-state index contributed by atoms with van der Waals surface area (Å²) in [5.41, 5.74) is 9.76. The van der Waals surface area contributed by atoms with Crippen LogP contribution in [0, 0.1) is 3.57 Å². The van der Waals surface area contributed by atoms with Crippen molar-refractivity contribution in [1.82, 2.24) is 19.9 Å². The largest absolute Gasteiger partial charge is 0.383 e. The molecule has 1 aliphatic rings. The van der Waals surface area contributed by atoms with Crippen LogP contribution >= 0.6 is 22.6 Å². The van der Waals surface area contributed by atoms with Crippen molar-refractivity contribution >= 4 is 39.4 Å². The number of benzene rings is 1. The van der Waals surface area contributed by atoms with Crippen LogP contribution in [0.15, 0.2) is 30.6 Å². The Balaban J connectivity index is 1.87. The van der Waals surface area contributed by atoms with Gasteiger partial charge >= 0.3 is 0 Å². The van der Waals surface area contributed by atoms with E-state index in [-0.39, 0.29) is 0 Å². The molecule has 0 saturated heterocycles. The molecule has 4 rings (SSSR count). The fraction of sp³-hybridized carbons (Fsp3) is 0.200. The molecule has 0 bridgehead atoms. The summed E-state index contributed by atoms with van der Waals surface area (Å²) < 4.78 is 0.986. The Bertz CT molecular complexity index is 845. The molecule has 6 heteroatoms. The number of hydrogen-bond acceptors (Lipinski definition) is 5. The third kappa shape index (κ3) is 2.33. The zero-order valence-corrected chi connectivity index (χ0v) is 13.3. The molecule has 1 aliphatic carbocycles. The van der Waals surface area contributed by atoms with Crippen molar-refractivity contribution in [3.63, 3.8) is 0 Å². The third-order valence-electron chi connectivity index (χ3n) is 3.59. The Morgan fingerprint density at radius 3 is 2.57 bits per heavy atom. The minimum atomic E-state index is 0.543. The van der Waals surface area contributed by atoms with Crippen molar-refractivity contribution in [2.24, 2.45) is 0 Å². The van der Waals surface area contributed by atoms with Gasteiger partial charge in [-0.2, -0.15) is 0 Å². The van der Waals surface area contributed by atoms with Gasteiger partial charge in [0.05, 0.1) is 20.3 Å². The Kier molecular flexibility index (Phi) is 2.99. The second-order valence-electron chi connectivity index (χ2n) is 5.17. The maximum absolute atomic E-state index is 6.05. The van der Waals surface area contributed by atoms with Crippen molar-refractivity contribution in [2.45, 2.75) is 18.8 Å². The van der Waals surface area contributed by atoms with Crippen LogP contribution in [0.2, 0.25) is 0 Å². The van der Waals surface area contributed by atoms with Gasteiger partial charge in [0.25, 0.3) is 0 Å². The van der Waals surface area contributed by atoms with Gasteiger partial charge in [0.15, 0.2) is 5.82 Å². The van der Waals surface area contributed by atoms with Crippen LogP contribution in [0.5, 0.6) is 0 Å². The lowest BCUT2D eigenvalue weighted by Crippen LogP contribution is -2.04. The number of aromatic nitrogens is 4. The van der Waals surface area contributed by atoms with Crippen LogP contribution in [0.25, 0.3) is 22.4 Å². The van der Waals surface area contributed by atoms with Crippen LogP contribution in [-0.4, -0.2) is 19.9 Å². The first-order valence-corrected chi connectivity index (χ1v) is 7.84.